The van der Waals surface area contributed by atoms with Crippen molar-refractivity contribution in [1.82, 2.24) is 10.2 Å². The molecule has 3 atom stereocenters. The zero-order valence-electron chi connectivity index (χ0n) is 19.0. The van der Waals surface area contributed by atoms with Crippen molar-refractivity contribution in [3.8, 4) is 11.1 Å². The second-order valence-electron chi connectivity index (χ2n) is 9.32. The molecular formula is C26H28N2O6. The van der Waals surface area contributed by atoms with Gasteiger partial charge in [0.15, 0.2) is 5.60 Å². The summed E-state index contributed by atoms with van der Waals surface area (Å²) in [5.41, 5.74) is 3.34. The van der Waals surface area contributed by atoms with Crippen molar-refractivity contribution in [2.45, 2.75) is 24.4 Å². The van der Waals surface area contributed by atoms with Crippen LogP contribution in [0.2, 0.25) is 0 Å². The van der Waals surface area contributed by atoms with Crippen LogP contribution in [0.3, 0.4) is 0 Å². The predicted octanol–water partition coefficient (Wildman–Crippen LogP) is 2.86. The summed E-state index contributed by atoms with van der Waals surface area (Å²) in [4.78, 5) is 38.2. The molecule has 0 spiro atoms. The smallest absolute Gasteiger partial charge is 0.407 e. The molecule has 2 N–H and O–H groups in total. The van der Waals surface area contributed by atoms with Gasteiger partial charge < -0.3 is 24.8 Å². The lowest BCUT2D eigenvalue weighted by Crippen LogP contribution is -2.44. The summed E-state index contributed by atoms with van der Waals surface area (Å²) in [6, 6.07) is 16.3. The Bertz CT molecular complexity index is 1090. The lowest BCUT2D eigenvalue weighted by atomic mass is 9.98. The largest absolute Gasteiger partial charge is 0.479 e. The average molecular weight is 465 g/mol. The number of likely N-dealkylation sites (tertiary alicyclic amines) is 1. The van der Waals surface area contributed by atoms with Gasteiger partial charge in [-0.05, 0) is 34.6 Å². The number of alkyl carbamates (subject to hydrolysis) is 1. The Morgan fingerprint density at radius 3 is 2.32 bits per heavy atom. The molecule has 0 radical (unpaired) electrons. The third-order valence-corrected chi connectivity index (χ3v) is 7.42. The molecule has 5 rings (SSSR count). The van der Waals surface area contributed by atoms with E-state index in [0.717, 1.165) is 11.1 Å². The quantitative estimate of drug-likeness (QED) is 0.653. The van der Waals surface area contributed by atoms with Crippen LogP contribution >= 0.6 is 0 Å². The Kier molecular flexibility index (Phi) is 5.77. The van der Waals surface area contributed by atoms with E-state index in [0.29, 0.717) is 19.5 Å². The number of ether oxygens (including phenoxy) is 2. The van der Waals surface area contributed by atoms with E-state index in [1.807, 2.05) is 24.3 Å². The van der Waals surface area contributed by atoms with Gasteiger partial charge in [-0.3, -0.25) is 4.79 Å². The van der Waals surface area contributed by atoms with E-state index in [2.05, 4.69) is 29.6 Å². The summed E-state index contributed by atoms with van der Waals surface area (Å²) in [5.74, 6) is -1.28. The van der Waals surface area contributed by atoms with Gasteiger partial charge >= 0.3 is 12.1 Å². The number of carbonyl (C=O) groups excluding carboxylic acids is 2. The summed E-state index contributed by atoms with van der Waals surface area (Å²) < 4.78 is 10.7. The molecule has 2 fully saturated rings. The number of nitrogens with one attached hydrogen (secondary N) is 1. The van der Waals surface area contributed by atoms with Gasteiger partial charge in [0.05, 0.1) is 6.54 Å². The van der Waals surface area contributed by atoms with Gasteiger partial charge in [0.2, 0.25) is 5.91 Å². The summed E-state index contributed by atoms with van der Waals surface area (Å²) in [5, 5.41) is 12.2. The first-order valence-corrected chi connectivity index (χ1v) is 11.6. The summed E-state index contributed by atoms with van der Waals surface area (Å²) in [6.45, 7) is 1.02. The van der Waals surface area contributed by atoms with Crippen molar-refractivity contribution in [2.24, 2.45) is 11.8 Å². The Morgan fingerprint density at radius 2 is 1.74 bits per heavy atom. The average Bonchev–Trinajstić information content (AvgIpc) is 3.37. The number of rotatable bonds is 7. The molecule has 1 saturated carbocycles. The van der Waals surface area contributed by atoms with E-state index in [4.69, 9.17) is 9.47 Å². The number of aliphatic carboxylic acids is 1. The second kappa shape index (κ2) is 8.76. The summed E-state index contributed by atoms with van der Waals surface area (Å²) in [7, 11) is 1.36. The third kappa shape index (κ3) is 3.92. The molecule has 1 saturated heterocycles. The monoisotopic (exact) mass is 464 g/mol. The highest BCUT2D eigenvalue weighted by molar-refractivity contribution is 5.85. The van der Waals surface area contributed by atoms with Crippen molar-refractivity contribution in [2.75, 3.05) is 33.4 Å². The number of carbonyl (C=O) groups is 3. The number of benzene rings is 2. The van der Waals surface area contributed by atoms with Crippen molar-refractivity contribution < 1.29 is 29.0 Å². The van der Waals surface area contributed by atoms with Crippen LogP contribution in [0.4, 0.5) is 4.79 Å². The van der Waals surface area contributed by atoms with Gasteiger partial charge in [-0.25, -0.2) is 9.59 Å². The molecule has 34 heavy (non-hydrogen) atoms. The molecule has 2 aromatic rings. The molecule has 2 aliphatic carbocycles. The van der Waals surface area contributed by atoms with Gasteiger partial charge in [0, 0.05) is 38.5 Å². The van der Waals surface area contributed by atoms with E-state index >= 15 is 0 Å². The first kappa shape index (κ1) is 22.4. The van der Waals surface area contributed by atoms with Gasteiger partial charge in [0.1, 0.15) is 6.61 Å². The topological polar surface area (TPSA) is 105 Å². The van der Waals surface area contributed by atoms with Crippen LogP contribution in [0.25, 0.3) is 11.1 Å². The van der Waals surface area contributed by atoms with Crippen molar-refractivity contribution >= 4 is 18.0 Å². The van der Waals surface area contributed by atoms with E-state index in [9.17, 15) is 19.5 Å². The molecule has 0 aromatic heterocycles. The van der Waals surface area contributed by atoms with Crippen LogP contribution in [0, 0.1) is 11.8 Å². The number of carboxylic acid groups (broad SMARTS) is 1. The number of amides is 2. The van der Waals surface area contributed by atoms with Crippen LogP contribution in [-0.2, 0) is 19.1 Å². The lowest BCUT2D eigenvalue weighted by Gasteiger charge is -2.23. The molecule has 8 heteroatoms. The zero-order chi connectivity index (χ0) is 23.9. The molecule has 2 aromatic carbocycles. The Balaban J connectivity index is 1.10. The molecular weight excluding hydrogens is 436 g/mol. The van der Waals surface area contributed by atoms with Crippen LogP contribution in [0.5, 0.6) is 0 Å². The number of hydrogen-bond donors (Lipinski definition) is 2. The molecule has 1 unspecified atom stereocenters. The highest BCUT2D eigenvalue weighted by atomic mass is 16.5. The third-order valence-electron chi connectivity index (χ3n) is 7.42. The predicted molar refractivity (Wildman–Crippen MR) is 123 cm³/mol. The zero-order valence-corrected chi connectivity index (χ0v) is 19.0. The van der Waals surface area contributed by atoms with Crippen LogP contribution in [-0.4, -0.2) is 66.9 Å². The van der Waals surface area contributed by atoms with E-state index in [1.165, 1.54) is 18.2 Å². The highest BCUT2D eigenvalue weighted by Crippen LogP contribution is 2.44. The Labute approximate surface area is 197 Å². The standard InChI is InChI=1S/C26H28N2O6/c1-33-26(24(30)31)10-11-28(15-26)23(29)21-12-16(21)13-27-25(32)34-14-22-19-8-4-2-6-17(19)18-7-3-5-9-20(18)22/h2-9,16,21-22H,10-15H2,1H3,(H,27,32)(H,30,31)/t16-,21-,26?/m0/s1. The minimum absolute atomic E-state index is 0.00106. The number of nitrogens with zero attached hydrogens (tertiary/aromatic N) is 1. The molecule has 1 aliphatic heterocycles. The van der Waals surface area contributed by atoms with Crippen molar-refractivity contribution in [3.63, 3.8) is 0 Å². The van der Waals surface area contributed by atoms with E-state index in [1.54, 1.807) is 4.90 Å². The first-order chi connectivity index (χ1) is 16.4. The van der Waals surface area contributed by atoms with Crippen LogP contribution < -0.4 is 5.32 Å². The fourth-order valence-electron chi connectivity index (χ4n) is 5.27. The van der Waals surface area contributed by atoms with Crippen LogP contribution in [0.1, 0.15) is 29.9 Å². The molecule has 178 valence electrons. The second-order valence-corrected chi connectivity index (χ2v) is 9.32. The molecule has 2 amide bonds. The van der Waals surface area contributed by atoms with Crippen molar-refractivity contribution in [3.05, 3.63) is 59.7 Å². The normalized spacial score (nSPS) is 24.9. The maximum Gasteiger partial charge on any atom is 0.407 e. The number of carboxylic acids is 1. The summed E-state index contributed by atoms with van der Waals surface area (Å²) >= 11 is 0. The van der Waals surface area contributed by atoms with E-state index < -0.39 is 17.7 Å². The number of hydrogen-bond acceptors (Lipinski definition) is 5. The minimum Gasteiger partial charge on any atom is -0.479 e. The first-order valence-electron chi connectivity index (χ1n) is 11.6. The highest BCUT2D eigenvalue weighted by Gasteiger charge is 2.51. The molecule has 0 bridgehead atoms. The SMILES string of the molecule is COC1(C(=O)O)CCN(C(=O)[C@H]2C[C@H]2CNC(=O)OCC2c3ccccc3-c3ccccc32)C1. The molecule has 3 aliphatic rings. The summed E-state index contributed by atoms with van der Waals surface area (Å²) in [6.07, 6.45) is 0.455. The van der Waals surface area contributed by atoms with E-state index in [-0.39, 0.29) is 43.2 Å². The number of methoxy groups -OCH3 is 1. The fourth-order valence-corrected chi connectivity index (χ4v) is 5.27. The lowest BCUT2D eigenvalue weighted by molar-refractivity contribution is -0.161. The Hall–Kier alpha value is -3.39. The Morgan fingerprint density at radius 1 is 1.09 bits per heavy atom. The number of fused-ring (bicyclic) bond motifs is 3. The van der Waals surface area contributed by atoms with Gasteiger partial charge in [-0.1, -0.05) is 48.5 Å². The molecule has 8 nitrogen and oxygen atoms in total. The van der Waals surface area contributed by atoms with Gasteiger partial charge in [0.25, 0.3) is 0 Å². The maximum atomic E-state index is 12.8. The molecule has 1 heterocycles. The van der Waals surface area contributed by atoms with Gasteiger partial charge in [-0.2, -0.15) is 0 Å². The minimum atomic E-state index is -1.32. The maximum absolute atomic E-state index is 12.8. The van der Waals surface area contributed by atoms with Crippen LogP contribution in [0.15, 0.2) is 48.5 Å². The fraction of sp³-hybridized carbons (Fsp3) is 0.423. The van der Waals surface area contributed by atoms with Crippen molar-refractivity contribution in [1.29, 1.82) is 0 Å². The van der Waals surface area contributed by atoms with Gasteiger partial charge in [-0.15, -0.1) is 0 Å².